The van der Waals surface area contributed by atoms with Crippen molar-refractivity contribution in [3.63, 3.8) is 0 Å². The Hall–Kier alpha value is -0.650. The van der Waals surface area contributed by atoms with Crippen LogP contribution in [0.1, 0.15) is 5.69 Å². The topological polar surface area (TPSA) is 25.8 Å². The zero-order valence-corrected chi connectivity index (χ0v) is 6.65. The highest BCUT2D eigenvalue weighted by molar-refractivity contribution is 9.10. The smallest absolute Gasteiger partial charge is 0.248 e. The molecule has 0 spiro atoms. The second-order valence-corrected chi connectivity index (χ2v) is 2.44. The lowest BCUT2D eigenvalue weighted by Crippen LogP contribution is -2.09. The fourth-order valence-corrected chi connectivity index (χ4v) is 0.957. The van der Waals surface area contributed by atoms with Crippen molar-refractivity contribution in [2.24, 2.45) is 0 Å². The predicted octanol–water partition coefficient (Wildman–Crippen LogP) is 2.26. The molecule has 6 heteroatoms. The molecule has 1 aromatic rings. The van der Waals surface area contributed by atoms with Crippen LogP contribution in [0.5, 0.6) is 0 Å². The number of hydrogen-bond donors (Lipinski definition) is 0. The second kappa shape index (κ2) is 2.77. The van der Waals surface area contributed by atoms with Gasteiger partial charge in [-0.1, -0.05) is 0 Å². The van der Waals surface area contributed by atoms with E-state index in [0.717, 1.165) is 6.20 Å². The molecule has 0 N–H and O–H groups in total. The standard InChI is InChI=1S/C5H2BrF3N2/c6-4-3(5(7,8)9)10-1-2-11-4/h1-2H. The van der Waals surface area contributed by atoms with E-state index in [-0.39, 0.29) is 4.60 Å². The molecule has 0 unspecified atom stereocenters. The highest BCUT2D eigenvalue weighted by atomic mass is 79.9. The summed E-state index contributed by atoms with van der Waals surface area (Å²) in [6, 6.07) is 0. The summed E-state index contributed by atoms with van der Waals surface area (Å²) in [6.07, 6.45) is -2.26. The average Bonchev–Trinajstić information content (AvgIpc) is 1.86. The maximum Gasteiger partial charge on any atom is 0.436 e. The molecule has 0 aliphatic rings. The minimum absolute atomic E-state index is 0.285. The Morgan fingerprint density at radius 2 is 1.73 bits per heavy atom. The first-order valence-corrected chi connectivity index (χ1v) is 3.35. The number of halogens is 4. The summed E-state index contributed by atoms with van der Waals surface area (Å²) in [7, 11) is 0. The first-order valence-electron chi connectivity index (χ1n) is 2.55. The van der Waals surface area contributed by atoms with Crippen molar-refractivity contribution in [2.45, 2.75) is 6.18 Å². The number of alkyl halides is 3. The molecular formula is C5H2BrF3N2. The van der Waals surface area contributed by atoms with Crippen LogP contribution in [0, 0.1) is 0 Å². The quantitative estimate of drug-likeness (QED) is 0.679. The highest BCUT2D eigenvalue weighted by Gasteiger charge is 2.35. The Balaban J connectivity index is 3.14. The number of rotatable bonds is 0. The number of aromatic nitrogens is 2. The Kier molecular flexibility index (Phi) is 2.12. The van der Waals surface area contributed by atoms with Gasteiger partial charge in [0.1, 0.15) is 4.60 Å². The molecule has 0 saturated carbocycles. The van der Waals surface area contributed by atoms with Crippen LogP contribution >= 0.6 is 15.9 Å². The summed E-state index contributed by atoms with van der Waals surface area (Å²) in [5.74, 6) is 0. The molecule has 1 rings (SSSR count). The molecule has 0 saturated heterocycles. The number of nitrogens with zero attached hydrogens (tertiary/aromatic N) is 2. The van der Waals surface area contributed by atoms with Crippen molar-refractivity contribution in [2.75, 3.05) is 0 Å². The zero-order chi connectivity index (χ0) is 8.48. The third-order valence-electron chi connectivity index (χ3n) is 0.922. The second-order valence-electron chi connectivity index (χ2n) is 1.69. The van der Waals surface area contributed by atoms with Crippen LogP contribution in [0.3, 0.4) is 0 Å². The maximum atomic E-state index is 11.9. The van der Waals surface area contributed by atoms with E-state index in [9.17, 15) is 13.2 Å². The highest BCUT2D eigenvalue weighted by Crippen LogP contribution is 2.31. The van der Waals surface area contributed by atoms with Gasteiger partial charge < -0.3 is 0 Å². The first-order chi connectivity index (χ1) is 5.02. The van der Waals surface area contributed by atoms with Crippen LogP contribution in [0.25, 0.3) is 0 Å². The van der Waals surface area contributed by atoms with Gasteiger partial charge in [0.05, 0.1) is 0 Å². The van der Waals surface area contributed by atoms with Gasteiger partial charge in [-0.3, -0.25) is 0 Å². The van der Waals surface area contributed by atoms with E-state index in [1.165, 1.54) is 6.20 Å². The molecule has 0 aromatic carbocycles. The first kappa shape index (κ1) is 8.45. The molecule has 0 fully saturated rings. The van der Waals surface area contributed by atoms with E-state index in [4.69, 9.17) is 0 Å². The number of hydrogen-bond acceptors (Lipinski definition) is 2. The lowest BCUT2D eigenvalue weighted by Gasteiger charge is -2.04. The van der Waals surface area contributed by atoms with E-state index in [0.29, 0.717) is 0 Å². The van der Waals surface area contributed by atoms with Gasteiger partial charge in [-0.25, -0.2) is 9.97 Å². The summed E-state index contributed by atoms with van der Waals surface area (Å²) in [6.45, 7) is 0. The minimum Gasteiger partial charge on any atom is -0.248 e. The van der Waals surface area contributed by atoms with Gasteiger partial charge in [0.2, 0.25) is 0 Å². The molecule has 2 nitrogen and oxygen atoms in total. The molecule has 1 aromatic heterocycles. The monoisotopic (exact) mass is 226 g/mol. The molecule has 60 valence electrons. The average molecular weight is 227 g/mol. The van der Waals surface area contributed by atoms with Gasteiger partial charge in [-0.15, -0.1) is 0 Å². The fourth-order valence-electron chi connectivity index (χ4n) is 0.511. The lowest BCUT2D eigenvalue weighted by molar-refractivity contribution is -0.142. The van der Waals surface area contributed by atoms with E-state index < -0.39 is 11.9 Å². The van der Waals surface area contributed by atoms with Gasteiger partial charge >= 0.3 is 6.18 Å². The molecule has 0 aliphatic heterocycles. The third kappa shape index (κ3) is 1.89. The molecule has 0 bridgehead atoms. The van der Waals surface area contributed by atoms with E-state index in [1.807, 2.05) is 0 Å². The molecule has 0 atom stereocenters. The van der Waals surface area contributed by atoms with Crippen LogP contribution in [-0.4, -0.2) is 9.97 Å². The Morgan fingerprint density at radius 3 is 2.09 bits per heavy atom. The van der Waals surface area contributed by atoms with Crippen LogP contribution in [0.15, 0.2) is 17.0 Å². The molecule has 0 amide bonds. The van der Waals surface area contributed by atoms with Gasteiger partial charge in [0, 0.05) is 12.4 Å². The third-order valence-corrected chi connectivity index (χ3v) is 1.50. The lowest BCUT2D eigenvalue weighted by atomic mass is 10.4. The van der Waals surface area contributed by atoms with E-state index in [1.54, 1.807) is 0 Å². The van der Waals surface area contributed by atoms with Crippen LogP contribution in [-0.2, 0) is 6.18 Å². The Morgan fingerprint density at radius 1 is 1.18 bits per heavy atom. The van der Waals surface area contributed by atoms with Crippen LogP contribution in [0.2, 0.25) is 0 Å². The summed E-state index contributed by atoms with van der Waals surface area (Å²) >= 11 is 2.64. The summed E-state index contributed by atoms with van der Waals surface area (Å²) in [5.41, 5.74) is -1.00. The zero-order valence-electron chi connectivity index (χ0n) is 5.06. The largest absolute Gasteiger partial charge is 0.436 e. The summed E-state index contributed by atoms with van der Waals surface area (Å²) in [5, 5.41) is 0. The Bertz CT molecular complexity index is 260. The van der Waals surface area contributed by atoms with Gasteiger partial charge in [-0.2, -0.15) is 13.2 Å². The summed E-state index contributed by atoms with van der Waals surface area (Å²) < 4.78 is 35.5. The molecule has 0 aliphatic carbocycles. The summed E-state index contributed by atoms with van der Waals surface area (Å²) in [4.78, 5) is 6.49. The van der Waals surface area contributed by atoms with E-state index >= 15 is 0 Å². The van der Waals surface area contributed by atoms with Gasteiger partial charge in [-0.05, 0) is 15.9 Å². The molecule has 11 heavy (non-hydrogen) atoms. The van der Waals surface area contributed by atoms with Crippen LogP contribution < -0.4 is 0 Å². The fraction of sp³-hybridized carbons (Fsp3) is 0.200. The van der Waals surface area contributed by atoms with Gasteiger partial charge in [0.15, 0.2) is 5.69 Å². The Labute approximate surface area is 68.6 Å². The molecule has 1 heterocycles. The van der Waals surface area contributed by atoms with Crippen molar-refractivity contribution in [3.05, 3.63) is 22.7 Å². The van der Waals surface area contributed by atoms with Crippen molar-refractivity contribution in [3.8, 4) is 0 Å². The van der Waals surface area contributed by atoms with Crippen molar-refractivity contribution in [1.29, 1.82) is 0 Å². The maximum absolute atomic E-state index is 11.9. The van der Waals surface area contributed by atoms with Crippen molar-refractivity contribution in [1.82, 2.24) is 9.97 Å². The SMILES string of the molecule is FC(F)(F)c1nccnc1Br. The van der Waals surface area contributed by atoms with Crippen LogP contribution in [0.4, 0.5) is 13.2 Å². The van der Waals surface area contributed by atoms with Gasteiger partial charge in [0.25, 0.3) is 0 Å². The predicted molar refractivity (Wildman–Crippen MR) is 34.7 cm³/mol. The normalized spacial score (nSPS) is 11.6. The minimum atomic E-state index is -4.44. The molecular weight excluding hydrogens is 225 g/mol. The molecule has 0 radical (unpaired) electrons. The van der Waals surface area contributed by atoms with Crippen molar-refractivity contribution < 1.29 is 13.2 Å². The van der Waals surface area contributed by atoms with Crippen molar-refractivity contribution >= 4 is 15.9 Å². The van der Waals surface area contributed by atoms with E-state index in [2.05, 4.69) is 25.9 Å².